The summed E-state index contributed by atoms with van der Waals surface area (Å²) < 4.78 is 6.28. The number of ether oxygens (including phenoxy) is 1. The maximum absolute atomic E-state index is 5.82. The number of anilines is 1. The van der Waals surface area contributed by atoms with Gasteiger partial charge in [0.15, 0.2) is 5.75 Å². The first-order valence-electron chi connectivity index (χ1n) is 5.61. The summed E-state index contributed by atoms with van der Waals surface area (Å²) in [5.74, 6) is 0.901. The Balaban J connectivity index is 2.17. The van der Waals surface area contributed by atoms with Gasteiger partial charge in [0.25, 0.3) is 0 Å². The predicted molar refractivity (Wildman–Crippen MR) is 75.6 cm³/mol. The van der Waals surface area contributed by atoms with Gasteiger partial charge >= 0.3 is 6.01 Å². The molecule has 0 fully saturated rings. The average Bonchev–Trinajstić information content (AvgIpc) is 2.35. The Hall–Kier alpha value is -1.47. The molecule has 1 N–H and O–H groups in total. The van der Waals surface area contributed by atoms with Gasteiger partial charge in [-0.15, -0.1) is 0 Å². The lowest BCUT2D eigenvalue weighted by Crippen LogP contribution is -2.06. The van der Waals surface area contributed by atoms with Crippen molar-refractivity contribution in [1.82, 2.24) is 19.9 Å². The Morgan fingerprint density at radius 3 is 2.89 bits per heavy atom. The average molecular weight is 345 g/mol. The number of aromatic nitrogens is 4. The monoisotopic (exact) mass is 343 g/mol. The van der Waals surface area contributed by atoms with Crippen LogP contribution in [0.25, 0.3) is 0 Å². The first kappa shape index (κ1) is 14.0. The lowest BCUT2D eigenvalue weighted by atomic mass is 10.5. The zero-order chi connectivity index (χ0) is 13.7. The zero-order valence-corrected chi connectivity index (χ0v) is 12.4. The molecule has 0 aliphatic carbocycles. The minimum Gasteiger partial charge on any atom is -0.422 e. The van der Waals surface area contributed by atoms with Crippen molar-refractivity contribution in [3.63, 3.8) is 0 Å². The van der Waals surface area contributed by atoms with E-state index in [0.29, 0.717) is 11.7 Å². The largest absolute Gasteiger partial charge is 0.422 e. The molecule has 0 aliphatic rings. The van der Waals surface area contributed by atoms with Crippen molar-refractivity contribution in [3.8, 4) is 11.8 Å². The van der Waals surface area contributed by atoms with Gasteiger partial charge in [-0.3, -0.25) is 4.98 Å². The molecule has 0 amide bonds. The second kappa shape index (κ2) is 6.63. The number of nitrogens with one attached hydrogen (secondary N) is 1. The topological polar surface area (TPSA) is 72.8 Å². The number of hydrogen-bond donors (Lipinski definition) is 1. The van der Waals surface area contributed by atoms with E-state index in [-0.39, 0.29) is 11.3 Å². The standard InChI is InChI=1S/C11H11BrClN5O/c1-2-3-15-10-16-9(13)17-11(18-10)19-8-4-7(12)5-14-6-8/h4-6H,2-3H2,1H3,(H,15,16,17,18). The normalized spacial score (nSPS) is 10.3. The molecule has 100 valence electrons. The molecule has 2 aromatic heterocycles. The van der Waals surface area contributed by atoms with Crippen molar-refractivity contribution >= 4 is 33.5 Å². The van der Waals surface area contributed by atoms with Crippen LogP contribution in [0.2, 0.25) is 5.28 Å². The van der Waals surface area contributed by atoms with Gasteiger partial charge < -0.3 is 10.1 Å². The zero-order valence-electron chi connectivity index (χ0n) is 10.1. The summed E-state index contributed by atoms with van der Waals surface area (Å²) in [6, 6.07) is 1.88. The van der Waals surface area contributed by atoms with Gasteiger partial charge in [-0.2, -0.15) is 15.0 Å². The Morgan fingerprint density at radius 2 is 2.16 bits per heavy atom. The maximum atomic E-state index is 5.82. The summed E-state index contributed by atoms with van der Waals surface area (Å²) in [4.78, 5) is 16.0. The van der Waals surface area contributed by atoms with E-state index in [1.54, 1.807) is 18.5 Å². The molecule has 0 atom stereocenters. The van der Waals surface area contributed by atoms with E-state index in [0.717, 1.165) is 17.4 Å². The van der Waals surface area contributed by atoms with Crippen LogP contribution in [-0.2, 0) is 0 Å². The molecule has 0 unspecified atom stereocenters. The molecule has 8 heteroatoms. The van der Waals surface area contributed by atoms with Gasteiger partial charge in [0.05, 0.1) is 6.20 Å². The summed E-state index contributed by atoms with van der Waals surface area (Å²) in [7, 11) is 0. The second-order valence-corrected chi connectivity index (χ2v) is 4.83. The quantitative estimate of drug-likeness (QED) is 0.897. The van der Waals surface area contributed by atoms with E-state index in [4.69, 9.17) is 16.3 Å². The lowest BCUT2D eigenvalue weighted by molar-refractivity contribution is 0.438. The Morgan fingerprint density at radius 1 is 1.32 bits per heavy atom. The molecule has 0 aliphatic heterocycles. The molecule has 0 aromatic carbocycles. The predicted octanol–water partition coefficient (Wildman–Crippen LogP) is 3.30. The molecule has 2 rings (SSSR count). The highest BCUT2D eigenvalue weighted by molar-refractivity contribution is 9.10. The molecule has 2 aromatic rings. The Labute approximate surface area is 123 Å². The number of rotatable bonds is 5. The first-order chi connectivity index (χ1) is 9.17. The van der Waals surface area contributed by atoms with Crippen molar-refractivity contribution in [1.29, 1.82) is 0 Å². The molecule has 0 bridgehead atoms. The number of pyridine rings is 1. The summed E-state index contributed by atoms with van der Waals surface area (Å²) in [6.45, 7) is 2.79. The minimum atomic E-state index is 0.0755. The third-order valence-electron chi connectivity index (χ3n) is 2.01. The van der Waals surface area contributed by atoms with Crippen LogP contribution in [-0.4, -0.2) is 26.5 Å². The van der Waals surface area contributed by atoms with Crippen molar-refractivity contribution in [2.75, 3.05) is 11.9 Å². The van der Waals surface area contributed by atoms with Gasteiger partial charge in [-0.1, -0.05) is 6.92 Å². The van der Waals surface area contributed by atoms with Crippen LogP contribution in [0.15, 0.2) is 22.9 Å². The third kappa shape index (κ3) is 4.29. The van der Waals surface area contributed by atoms with Crippen LogP contribution in [0.1, 0.15) is 13.3 Å². The number of halogens is 2. The number of hydrogen-bond acceptors (Lipinski definition) is 6. The second-order valence-electron chi connectivity index (χ2n) is 3.58. The highest BCUT2D eigenvalue weighted by atomic mass is 79.9. The molecule has 0 saturated carbocycles. The Kier molecular flexibility index (Phi) is 4.86. The molecular formula is C11H11BrClN5O. The molecule has 19 heavy (non-hydrogen) atoms. The van der Waals surface area contributed by atoms with Crippen LogP contribution in [0.4, 0.5) is 5.95 Å². The molecular weight excluding hydrogens is 334 g/mol. The SMILES string of the molecule is CCCNc1nc(Cl)nc(Oc2cncc(Br)c2)n1. The highest BCUT2D eigenvalue weighted by Crippen LogP contribution is 2.21. The maximum Gasteiger partial charge on any atom is 0.328 e. The van der Waals surface area contributed by atoms with E-state index in [1.807, 2.05) is 6.92 Å². The van der Waals surface area contributed by atoms with Crippen LogP contribution in [0.3, 0.4) is 0 Å². The smallest absolute Gasteiger partial charge is 0.328 e. The van der Waals surface area contributed by atoms with Crippen molar-refractivity contribution in [2.45, 2.75) is 13.3 Å². The fourth-order valence-corrected chi connectivity index (χ4v) is 1.74. The highest BCUT2D eigenvalue weighted by Gasteiger charge is 2.07. The van der Waals surface area contributed by atoms with Gasteiger partial charge in [-0.05, 0) is 40.0 Å². The van der Waals surface area contributed by atoms with Crippen molar-refractivity contribution in [3.05, 3.63) is 28.2 Å². The van der Waals surface area contributed by atoms with Gasteiger partial charge in [0.2, 0.25) is 11.2 Å². The van der Waals surface area contributed by atoms with E-state index in [1.165, 1.54) is 0 Å². The fourth-order valence-electron chi connectivity index (χ4n) is 1.25. The van der Waals surface area contributed by atoms with Gasteiger partial charge in [0.1, 0.15) is 0 Å². The van der Waals surface area contributed by atoms with E-state index < -0.39 is 0 Å². The molecule has 6 nitrogen and oxygen atoms in total. The van der Waals surface area contributed by atoms with E-state index in [2.05, 4.69) is 41.2 Å². The summed E-state index contributed by atoms with van der Waals surface area (Å²) >= 11 is 9.12. The van der Waals surface area contributed by atoms with E-state index >= 15 is 0 Å². The van der Waals surface area contributed by atoms with Crippen LogP contribution >= 0.6 is 27.5 Å². The molecule has 0 saturated heterocycles. The summed E-state index contributed by atoms with van der Waals surface area (Å²) in [5.41, 5.74) is 0. The molecule has 0 spiro atoms. The fraction of sp³-hybridized carbons (Fsp3) is 0.273. The summed E-state index contributed by atoms with van der Waals surface area (Å²) in [6.07, 6.45) is 4.16. The first-order valence-corrected chi connectivity index (χ1v) is 6.78. The lowest BCUT2D eigenvalue weighted by Gasteiger charge is -2.06. The van der Waals surface area contributed by atoms with Crippen LogP contribution < -0.4 is 10.1 Å². The van der Waals surface area contributed by atoms with E-state index in [9.17, 15) is 0 Å². The van der Waals surface area contributed by atoms with Gasteiger partial charge in [-0.25, -0.2) is 0 Å². The molecule has 2 heterocycles. The van der Waals surface area contributed by atoms with Crippen LogP contribution in [0, 0.1) is 0 Å². The summed E-state index contributed by atoms with van der Waals surface area (Å²) in [5, 5.41) is 3.10. The van der Waals surface area contributed by atoms with Crippen molar-refractivity contribution in [2.24, 2.45) is 0 Å². The number of nitrogens with zero attached hydrogens (tertiary/aromatic N) is 4. The van der Waals surface area contributed by atoms with Crippen LogP contribution in [0.5, 0.6) is 11.8 Å². The van der Waals surface area contributed by atoms with Crippen molar-refractivity contribution < 1.29 is 4.74 Å². The third-order valence-corrected chi connectivity index (χ3v) is 2.61. The Bertz CT molecular complexity index is 569. The van der Waals surface area contributed by atoms with Gasteiger partial charge in [0, 0.05) is 17.2 Å². The minimum absolute atomic E-state index is 0.0755. The molecule has 0 radical (unpaired) electrons.